The highest BCUT2D eigenvalue weighted by molar-refractivity contribution is 5.79. The number of carbonyl (C=O) groups excluding carboxylic acids is 1. The Labute approximate surface area is 89.2 Å². The van der Waals surface area contributed by atoms with E-state index in [0.717, 1.165) is 18.6 Å². The van der Waals surface area contributed by atoms with E-state index in [9.17, 15) is 4.79 Å². The van der Waals surface area contributed by atoms with Crippen LogP contribution >= 0.6 is 0 Å². The molecule has 1 aliphatic carbocycles. The van der Waals surface area contributed by atoms with Crippen molar-refractivity contribution in [3.8, 4) is 5.75 Å². The molecule has 0 spiro atoms. The van der Waals surface area contributed by atoms with E-state index in [2.05, 4.69) is 6.07 Å². The zero-order valence-electron chi connectivity index (χ0n) is 8.61. The Hall–Kier alpha value is -1.31. The van der Waals surface area contributed by atoms with Gasteiger partial charge in [0.25, 0.3) is 0 Å². The van der Waals surface area contributed by atoms with Crippen LogP contribution in [0.15, 0.2) is 24.3 Å². The molecule has 0 saturated heterocycles. The summed E-state index contributed by atoms with van der Waals surface area (Å²) in [7, 11) is 0. The number of benzene rings is 1. The molecule has 1 fully saturated rings. The summed E-state index contributed by atoms with van der Waals surface area (Å²) in [5.74, 6) is 1.30. The number of hydrogen-bond donors (Lipinski definition) is 0. The van der Waals surface area contributed by atoms with Gasteiger partial charge in [-0.2, -0.15) is 0 Å². The van der Waals surface area contributed by atoms with Gasteiger partial charge in [0.05, 0.1) is 5.92 Å². The second-order valence-corrected chi connectivity index (χ2v) is 4.46. The Balaban J connectivity index is 2.06. The van der Waals surface area contributed by atoms with E-state index >= 15 is 0 Å². The van der Waals surface area contributed by atoms with Gasteiger partial charge in [-0.15, -0.1) is 0 Å². The van der Waals surface area contributed by atoms with Crippen LogP contribution in [0.3, 0.4) is 0 Å². The average Bonchev–Trinajstić information content (AvgIpc) is 2.30. The molecule has 2 nitrogen and oxygen atoms in total. The molecule has 0 aromatic heterocycles. The van der Waals surface area contributed by atoms with Crippen molar-refractivity contribution in [3.63, 3.8) is 0 Å². The van der Waals surface area contributed by atoms with Crippen molar-refractivity contribution in [2.24, 2.45) is 5.92 Å². The lowest BCUT2D eigenvalue weighted by Crippen LogP contribution is -2.33. The maximum atomic E-state index is 11.8. The molecule has 2 atom stereocenters. The Morgan fingerprint density at radius 1 is 1.07 bits per heavy atom. The molecule has 15 heavy (non-hydrogen) atoms. The van der Waals surface area contributed by atoms with Crippen LogP contribution in [0.2, 0.25) is 0 Å². The molecule has 1 heterocycles. The molecule has 2 heteroatoms. The largest absolute Gasteiger partial charge is 0.426 e. The third kappa shape index (κ3) is 1.36. The van der Waals surface area contributed by atoms with E-state index in [0.29, 0.717) is 5.92 Å². The van der Waals surface area contributed by atoms with E-state index in [1.807, 2.05) is 18.2 Å². The normalized spacial score (nSPS) is 28.9. The van der Waals surface area contributed by atoms with Crippen LogP contribution in [0.5, 0.6) is 5.75 Å². The molecule has 3 rings (SSSR count). The zero-order chi connectivity index (χ0) is 10.3. The highest BCUT2D eigenvalue weighted by atomic mass is 16.5. The first-order valence-electron chi connectivity index (χ1n) is 5.67. The molecule has 0 amide bonds. The van der Waals surface area contributed by atoms with E-state index in [1.54, 1.807) is 0 Å². The number of para-hydroxylation sites is 1. The van der Waals surface area contributed by atoms with E-state index < -0.39 is 0 Å². The van der Waals surface area contributed by atoms with E-state index in [1.165, 1.54) is 18.4 Å². The van der Waals surface area contributed by atoms with E-state index in [-0.39, 0.29) is 11.9 Å². The highest BCUT2D eigenvalue weighted by Crippen LogP contribution is 2.45. The van der Waals surface area contributed by atoms with Crippen LogP contribution in [0, 0.1) is 5.92 Å². The fourth-order valence-electron chi connectivity index (χ4n) is 2.85. The minimum absolute atomic E-state index is 0.0154. The third-order valence-corrected chi connectivity index (χ3v) is 3.60. The SMILES string of the molecule is O=C1Oc2ccccc2C2CCCCC12. The standard InChI is InChI=1S/C13H14O2/c14-13-11-7-2-1-5-9(11)10-6-3-4-8-12(10)15-13/h3-4,6,8-9,11H,1-2,5,7H2. The maximum absolute atomic E-state index is 11.8. The van der Waals surface area contributed by atoms with Gasteiger partial charge in [-0.3, -0.25) is 4.79 Å². The topological polar surface area (TPSA) is 26.3 Å². The van der Waals surface area contributed by atoms with Crippen molar-refractivity contribution in [1.29, 1.82) is 0 Å². The number of rotatable bonds is 0. The van der Waals surface area contributed by atoms with E-state index in [4.69, 9.17) is 4.74 Å². The smallest absolute Gasteiger partial charge is 0.314 e. The summed E-state index contributed by atoms with van der Waals surface area (Å²) in [6, 6.07) is 7.96. The first kappa shape index (κ1) is 8.96. The maximum Gasteiger partial charge on any atom is 0.314 e. The fraction of sp³-hybridized carbons (Fsp3) is 0.462. The van der Waals surface area contributed by atoms with Gasteiger partial charge >= 0.3 is 5.97 Å². The molecule has 1 aromatic carbocycles. The molecule has 1 aliphatic heterocycles. The molecule has 0 N–H and O–H groups in total. The minimum atomic E-state index is -0.0154. The number of fused-ring (bicyclic) bond motifs is 3. The first-order chi connectivity index (χ1) is 7.36. The van der Waals surface area contributed by atoms with Crippen LogP contribution in [0.4, 0.5) is 0 Å². The number of hydrogen-bond acceptors (Lipinski definition) is 2. The van der Waals surface area contributed by atoms with Gasteiger partial charge in [0.2, 0.25) is 0 Å². The molecular formula is C13H14O2. The van der Waals surface area contributed by atoms with Crippen molar-refractivity contribution < 1.29 is 9.53 Å². The quantitative estimate of drug-likeness (QED) is 0.477. The van der Waals surface area contributed by atoms with Crippen LogP contribution < -0.4 is 4.74 Å². The van der Waals surface area contributed by atoms with Crippen molar-refractivity contribution in [2.75, 3.05) is 0 Å². The third-order valence-electron chi connectivity index (χ3n) is 3.60. The van der Waals surface area contributed by atoms with Crippen molar-refractivity contribution >= 4 is 5.97 Å². The van der Waals surface area contributed by atoms with Gasteiger partial charge in [0.1, 0.15) is 5.75 Å². The Morgan fingerprint density at radius 2 is 1.80 bits per heavy atom. The van der Waals surface area contributed by atoms with Crippen molar-refractivity contribution in [3.05, 3.63) is 29.8 Å². The summed E-state index contributed by atoms with van der Waals surface area (Å²) in [6.07, 6.45) is 4.54. The van der Waals surface area contributed by atoms with Gasteiger partial charge in [-0.05, 0) is 24.5 Å². The van der Waals surface area contributed by atoms with Crippen LogP contribution in [0.1, 0.15) is 37.2 Å². The predicted molar refractivity (Wildman–Crippen MR) is 56.8 cm³/mol. The average molecular weight is 202 g/mol. The lowest BCUT2D eigenvalue weighted by molar-refractivity contribution is -0.142. The zero-order valence-corrected chi connectivity index (χ0v) is 8.61. The Morgan fingerprint density at radius 3 is 2.67 bits per heavy atom. The monoisotopic (exact) mass is 202 g/mol. The molecule has 78 valence electrons. The fourth-order valence-corrected chi connectivity index (χ4v) is 2.85. The second kappa shape index (κ2) is 3.37. The van der Waals surface area contributed by atoms with Crippen molar-refractivity contribution in [1.82, 2.24) is 0 Å². The molecule has 2 aliphatic rings. The Bertz CT molecular complexity index is 397. The van der Waals surface area contributed by atoms with Crippen LogP contribution in [-0.4, -0.2) is 5.97 Å². The minimum Gasteiger partial charge on any atom is -0.426 e. The van der Waals surface area contributed by atoms with Crippen molar-refractivity contribution in [2.45, 2.75) is 31.6 Å². The number of esters is 1. The van der Waals surface area contributed by atoms with Gasteiger partial charge in [-0.25, -0.2) is 0 Å². The molecule has 0 radical (unpaired) electrons. The molecule has 1 aromatic rings. The molecule has 0 bridgehead atoms. The summed E-state index contributed by atoms with van der Waals surface area (Å²) >= 11 is 0. The highest BCUT2D eigenvalue weighted by Gasteiger charge is 2.38. The van der Waals surface area contributed by atoms with Gasteiger partial charge in [-0.1, -0.05) is 31.0 Å². The Kier molecular flexibility index (Phi) is 2.01. The number of carbonyl (C=O) groups is 1. The van der Waals surface area contributed by atoms with Crippen LogP contribution in [0.25, 0.3) is 0 Å². The summed E-state index contributed by atoms with van der Waals surface area (Å²) in [5.41, 5.74) is 1.24. The summed E-state index contributed by atoms with van der Waals surface area (Å²) in [5, 5.41) is 0. The summed E-state index contributed by atoms with van der Waals surface area (Å²) in [4.78, 5) is 11.8. The van der Waals surface area contributed by atoms with Gasteiger partial charge in [0, 0.05) is 5.92 Å². The molecular weight excluding hydrogens is 188 g/mol. The molecule has 1 saturated carbocycles. The van der Waals surface area contributed by atoms with Gasteiger partial charge < -0.3 is 4.74 Å². The second-order valence-electron chi connectivity index (χ2n) is 4.46. The summed E-state index contributed by atoms with van der Waals surface area (Å²) in [6.45, 7) is 0. The van der Waals surface area contributed by atoms with Gasteiger partial charge in [0.15, 0.2) is 0 Å². The number of ether oxygens (including phenoxy) is 1. The summed E-state index contributed by atoms with van der Waals surface area (Å²) < 4.78 is 5.36. The first-order valence-corrected chi connectivity index (χ1v) is 5.67. The molecule has 2 unspecified atom stereocenters. The lowest BCUT2D eigenvalue weighted by Gasteiger charge is -2.34. The lowest BCUT2D eigenvalue weighted by atomic mass is 9.74. The van der Waals surface area contributed by atoms with Crippen LogP contribution in [-0.2, 0) is 4.79 Å². The predicted octanol–water partition coefficient (Wildman–Crippen LogP) is 2.88.